The van der Waals surface area contributed by atoms with Gasteiger partial charge in [-0.05, 0) is 48.0 Å². The van der Waals surface area contributed by atoms with Gasteiger partial charge in [0, 0.05) is 19.6 Å². The van der Waals surface area contributed by atoms with E-state index >= 15 is 0 Å². The van der Waals surface area contributed by atoms with Crippen LogP contribution >= 0.6 is 15.9 Å². The Labute approximate surface area is 130 Å². The molecule has 0 radical (unpaired) electrons. The third-order valence-corrected chi connectivity index (χ3v) is 4.41. The zero-order valence-electron chi connectivity index (χ0n) is 12.6. The maximum absolute atomic E-state index is 4.78. The smallest absolute Gasteiger partial charge is 0.227 e. The number of hydrogen-bond acceptors (Lipinski definition) is 4. The third-order valence-electron chi connectivity index (χ3n) is 3.58. The van der Waals surface area contributed by atoms with Gasteiger partial charge in [-0.2, -0.15) is 4.98 Å². The molecule has 0 spiro atoms. The standard InChI is InChI=1S/C15H25BrN4/c1-3-8-12-13(16)14(17-9-4-2)19-15(18-12)20-10-6-5-7-11-20/h3-11H2,1-2H3,(H,17,18,19). The predicted octanol–water partition coefficient (Wildman–Crippen LogP) is 4.00. The van der Waals surface area contributed by atoms with Crippen LogP contribution in [0.25, 0.3) is 0 Å². The molecule has 1 fully saturated rings. The Bertz CT molecular complexity index is 430. The minimum Gasteiger partial charge on any atom is -0.369 e. The largest absolute Gasteiger partial charge is 0.369 e. The summed E-state index contributed by atoms with van der Waals surface area (Å²) in [5, 5.41) is 3.42. The predicted molar refractivity (Wildman–Crippen MR) is 88.6 cm³/mol. The number of nitrogens with zero attached hydrogens (tertiary/aromatic N) is 3. The Balaban J connectivity index is 2.27. The van der Waals surface area contributed by atoms with Gasteiger partial charge in [0.1, 0.15) is 5.82 Å². The molecule has 0 aromatic carbocycles. The lowest BCUT2D eigenvalue weighted by Gasteiger charge is -2.27. The molecule has 1 aromatic rings. The average Bonchev–Trinajstić information content (AvgIpc) is 2.49. The van der Waals surface area contributed by atoms with Crippen molar-refractivity contribution >= 4 is 27.7 Å². The highest BCUT2D eigenvalue weighted by Gasteiger charge is 2.18. The first-order valence-electron chi connectivity index (χ1n) is 7.81. The van der Waals surface area contributed by atoms with E-state index in [1.807, 2.05) is 0 Å². The Morgan fingerprint density at radius 2 is 1.85 bits per heavy atom. The first kappa shape index (κ1) is 15.5. The van der Waals surface area contributed by atoms with Crippen LogP contribution in [0.4, 0.5) is 11.8 Å². The van der Waals surface area contributed by atoms with Gasteiger partial charge < -0.3 is 10.2 Å². The van der Waals surface area contributed by atoms with Gasteiger partial charge in [-0.25, -0.2) is 4.98 Å². The van der Waals surface area contributed by atoms with E-state index in [1.54, 1.807) is 0 Å². The molecule has 0 amide bonds. The molecule has 1 N–H and O–H groups in total. The van der Waals surface area contributed by atoms with Crippen molar-refractivity contribution < 1.29 is 0 Å². The van der Waals surface area contributed by atoms with Crippen LogP contribution < -0.4 is 10.2 Å². The van der Waals surface area contributed by atoms with Crippen molar-refractivity contribution in [1.82, 2.24) is 9.97 Å². The van der Waals surface area contributed by atoms with E-state index in [0.29, 0.717) is 0 Å². The van der Waals surface area contributed by atoms with Crippen LogP contribution in [0.5, 0.6) is 0 Å². The molecule has 2 rings (SSSR count). The van der Waals surface area contributed by atoms with Gasteiger partial charge in [-0.3, -0.25) is 0 Å². The number of aryl methyl sites for hydroxylation is 1. The molecule has 2 heterocycles. The summed E-state index contributed by atoms with van der Waals surface area (Å²) in [4.78, 5) is 11.8. The molecule has 1 saturated heterocycles. The Morgan fingerprint density at radius 3 is 2.50 bits per heavy atom. The quantitative estimate of drug-likeness (QED) is 0.849. The lowest BCUT2D eigenvalue weighted by molar-refractivity contribution is 0.567. The molecule has 0 unspecified atom stereocenters. The summed E-state index contributed by atoms with van der Waals surface area (Å²) in [7, 11) is 0. The summed E-state index contributed by atoms with van der Waals surface area (Å²) in [5.74, 6) is 1.85. The topological polar surface area (TPSA) is 41.1 Å². The van der Waals surface area contributed by atoms with Crippen LogP contribution in [0.1, 0.15) is 51.6 Å². The highest BCUT2D eigenvalue weighted by molar-refractivity contribution is 9.10. The highest BCUT2D eigenvalue weighted by Crippen LogP contribution is 2.28. The number of nitrogens with one attached hydrogen (secondary N) is 1. The van der Waals surface area contributed by atoms with Crippen molar-refractivity contribution in [2.75, 3.05) is 29.9 Å². The Morgan fingerprint density at radius 1 is 1.10 bits per heavy atom. The second-order valence-electron chi connectivity index (χ2n) is 5.36. The first-order valence-corrected chi connectivity index (χ1v) is 8.60. The van der Waals surface area contributed by atoms with Gasteiger partial charge in [0.15, 0.2) is 0 Å². The SMILES string of the molecule is CCCNc1nc(N2CCCCC2)nc(CCC)c1Br. The number of piperidine rings is 1. The van der Waals surface area contributed by atoms with Crippen LogP contribution in [0, 0.1) is 0 Å². The number of rotatable bonds is 6. The van der Waals surface area contributed by atoms with E-state index in [1.165, 1.54) is 19.3 Å². The Hall–Kier alpha value is -0.840. The van der Waals surface area contributed by atoms with E-state index in [9.17, 15) is 0 Å². The van der Waals surface area contributed by atoms with Crippen molar-refractivity contribution in [2.45, 2.75) is 52.4 Å². The summed E-state index contributed by atoms with van der Waals surface area (Å²) in [6.07, 6.45) is 7.02. The fourth-order valence-corrected chi connectivity index (χ4v) is 2.99. The second kappa shape index (κ2) is 7.81. The summed E-state index contributed by atoms with van der Waals surface area (Å²) in [5.41, 5.74) is 1.13. The highest BCUT2D eigenvalue weighted by atomic mass is 79.9. The maximum atomic E-state index is 4.78. The monoisotopic (exact) mass is 340 g/mol. The molecular formula is C15H25BrN4. The molecule has 0 atom stereocenters. The summed E-state index contributed by atoms with van der Waals surface area (Å²) < 4.78 is 1.04. The van der Waals surface area contributed by atoms with Crippen LogP contribution in [0.2, 0.25) is 0 Å². The number of hydrogen-bond donors (Lipinski definition) is 1. The number of aromatic nitrogens is 2. The van der Waals surface area contributed by atoms with Crippen molar-refractivity contribution in [3.8, 4) is 0 Å². The molecular weight excluding hydrogens is 316 g/mol. The molecule has 1 aromatic heterocycles. The van der Waals surface area contributed by atoms with Crippen molar-refractivity contribution in [3.63, 3.8) is 0 Å². The molecule has 1 aliphatic rings. The lowest BCUT2D eigenvalue weighted by Crippen LogP contribution is -2.31. The van der Waals surface area contributed by atoms with E-state index in [0.717, 1.165) is 60.8 Å². The van der Waals surface area contributed by atoms with Crippen LogP contribution in [-0.2, 0) is 6.42 Å². The molecule has 4 nitrogen and oxygen atoms in total. The molecule has 112 valence electrons. The average molecular weight is 341 g/mol. The fourth-order valence-electron chi connectivity index (χ4n) is 2.48. The maximum Gasteiger partial charge on any atom is 0.227 e. The summed E-state index contributed by atoms with van der Waals surface area (Å²) in [6, 6.07) is 0. The zero-order valence-corrected chi connectivity index (χ0v) is 14.2. The minimum atomic E-state index is 0.898. The van der Waals surface area contributed by atoms with Crippen molar-refractivity contribution in [2.24, 2.45) is 0 Å². The molecule has 0 aliphatic carbocycles. The van der Waals surface area contributed by atoms with Gasteiger partial charge in [-0.1, -0.05) is 20.3 Å². The van der Waals surface area contributed by atoms with Crippen molar-refractivity contribution in [3.05, 3.63) is 10.2 Å². The van der Waals surface area contributed by atoms with Gasteiger partial charge in [-0.15, -0.1) is 0 Å². The molecule has 5 heteroatoms. The van der Waals surface area contributed by atoms with Crippen LogP contribution in [0.15, 0.2) is 4.47 Å². The first-order chi connectivity index (χ1) is 9.76. The lowest BCUT2D eigenvalue weighted by atomic mass is 10.1. The molecule has 20 heavy (non-hydrogen) atoms. The Kier molecular flexibility index (Phi) is 6.07. The fraction of sp³-hybridized carbons (Fsp3) is 0.733. The number of halogens is 1. The van der Waals surface area contributed by atoms with Gasteiger partial charge in [0.2, 0.25) is 5.95 Å². The van der Waals surface area contributed by atoms with Gasteiger partial charge in [0.05, 0.1) is 10.2 Å². The number of anilines is 2. The van der Waals surface area contributed by atoms with E-state index in [-0.39, 0.29) is 0 Å². The van der Waals surface area contributed by atoms with Gasteiger partial charge in [0.25, 0.3) is 0 Å². The molecule has 0 saturated carbocycles. The second-order valence-corrected chi connectivity index (χ2v) is 6.15. The third kappa shape index (κ3) is 3.84. The van der Waals surface area contributed by atoms with Crippen LogP contribution in [0.3, 0.4) is 0 Å². The van der Waals surface area contributed by atoms with E-state index in [4.69, 9.17) is 9.97 Å². The van der Waals surface area contributed by atoms with E-state index < -0.39 is 0 Å². The van der Waals surface area contributed by atoms with Crippen molar-refractivity contribution in [1.29, 1.82) is 0 Å². The van der Waals surface area contributed by atoms with E-state index in [2.05, 4.69) is 40.0 Å². The van der Waals surface area contributed by atoms with Gasteiger partial charge >= 0.3 is 0 Å². The zero-order chi connectivity index (χ0) is 14.4. The normalized spacial score (nSPS) is 15.4. The molecule has 1 aliphatic heterocycles. The molecule has 0 bridgehead atoms. The van der Waals surface area contributed by atoms with Crippen LogP contribution in [-0.4, -0.2) is 29.6 Å². The minimum absolute atomic E-state index is 0.898. The summed E-state index contributed by atoms with van der Waals surface area (Å²) in [6.45, 7) is 7.47. The summed E-state index contributed by atoms with van der Waals surface area (Å²) >= 11 is 3.66.